The minimum atomic E-state index is 0.697. The molecule has 0 saturated heterocycles. The van der Waals surface area contributed by atoms with Crippen molar-refractivity contribution in [1.82, 2.24) is 5.32 Å². The lowest BCUT2D eigenvalue weighted by Gasteiger charge is -2.08. The summed E-state index contributed by atoms with van der Waals surface area (Å²) in [5.41, 5.74) is 2.59. The Labute approximate surface area is 124 Å². The van der Waals surface area contributed by atoms with Gasteiger partial charge in [0, 0.05) is 6.54 Å². The monoisotopic (exact) mass is 275 g/mol. The van der Waals surface area contributed by atoms with E-state index in [4.69, 9.17) is 4.74 Å². The van der Waals surface area contributed by atoms with Gasteiger partial charge in [-0.2, -0.15) is 0 Å². The summed E-state index contributed by atoms with van der Waals surface area (Å²) in [4.78, 5) is 0. The molecule has 1 rings (SSSR count). The number of unbranched alkanes of at least 4 members (excludes halogenated alkanes) is 1. The van der Waals surface area contributed by atoms with E-state index >= 15 is 0 Å². The van der Waals surface area contributed by atoms with Crippen LogP contribution in [0.5, 0.6) is 5.75 Å². The average molecular weight is 275 g/mol. The minimum Gasteiger partial charge on any atom is -0.494 e. The molecule has 0 radical (unpaired) electrons. The van der Waals surface area contributed by atoms with Gasteiger partial charge in [0.25, 0.3) is 0 Å². The van der Waals surface area contributed by atoms with E-state index in [9.17, 15) is 0 Å². The predicted molar refractivity (Wildman–Crippen MR) is 88.2 cm³/mol. The standard InChI is InChI=1S/C18H29NO/c1-5-6-11-20-18-9-7-17(8-10-18)12-16(4)14-19-13-15(2)3/h7-10,12,15,19H,5-6,11,13-14H2,1-4H3. The number of benzene rings is 1. The second-order valence-corrected chi connectivity index (χ2v) is 5.79. The van der Waals surface area contributed by atoms with Gasteiger partial charge in [0.15, 0.2) is 0 Å². The summed E-state index contributed by atoms with van der Waals surface area (Å²) in [7, 11) is 0. The number of hydrogen-bond donors (Lipinski definition) is 1. The lowest BCUT2D eigenvalue weighted by atomic mass is 10.1. The van der Waals surface area contributed by atoms with Crippen molar-refractivity contribution in [2.24, 2.45) is 5.92 Å². The van der Waals surface area contributed by atoms with E-state index < -0.39 is 0 Å². The molecule has 0 spiro atoms. The van der Waals surface area contributed by atoms with Crippen LogP contribution in [-0.2, 0) is 0 Å². The van der Waals surface area contributed by atoms with E-state index in [1.807, 2.05) is 0 Å². The Morgan fingerprint density at radius 1 is 1.25 bits per heavy atom. The highest BCUT2D eigenvalue weighted by atomic mass is 16.5. The first-order chi connectivity index (χ1) is 9.61. The van der Waals surface area contributed by atoms with E-state index in [0.717, 1.165) is 31.9 Å². The molecule has 1 aromatic rings. The topological polar surface area (TPSA) is 21.3 Å². The zero-order chi connectivity index (χ0) is 14.8. The number of nitrogens with one attached hydrogen (secondary N) is 1. The number of rotatable bonds is 9. The first kappa shape index (κ1) is 16.8. The van der Waals surface area contributed by atoms with Gasteiger partial charge in [0.05, 0.1) is 6.61 Å². The van der Waals surface area contributed by atoms with Crippen molar-refractivity contribution in [3.8, 4) is 5.75 Å². The fraction of sp³-hybridized carbons (Fsp3) is 0.556. The number of hydrogen-bond acceptors (Lipinski definition) is 2. The largest absolute Gasteiger partial charge is 0.494 e. The van der Waals surface area contributed by atoms with Crippen molar-refractivity contribution < 1.29 is 4.74 Å². The molecule has 2 nitrogen and oxygen atoms in total. The van der Waals surface area contributed by atoms with E-state index in [-0.39, 0.29) is 0 Å². The fourth-order valence-corrected chi connectivity index (χ4v) is 1.89. The van der Waals surface area contributed by atoms with Crippen molar-refractivity contribution in [3.63, 3.8) is 0 Å². The van der Waals surface area contributed by atoms with Crippen LogP contribution < -0.4 is 10.1 Å². The Morgan fingerprint density at radius 2 is 1.95 bits per heavy atom. The third kappa shape index (κ3) is 7.34. The van der Waals surface area contributed by atoms with Gasteiger partial charge in [-0.15, -0.1) is 0 Å². The molecular formula is C18H29NO. The van der Waals surface area contributed by atoms with Gasteiger partial charge in [0.2, 0.25) is 0 Å². The van der Waals surface area contributed by atoms with E-state index in [1.165, 1.54) is 17.6 Å². The summed E-state index contributed by atoms with van der Waals surface area (Å²) < 4.78 is 5.66. The highest BCUT2D eigenvalue weighted by Gasteiger charge is 1.96. The smallest absolute Gasteiger partial charge is 0.119 e. The molecular weight excluding hydrogens is 246 g/mol. The van der Waals surface area contributed by atoms with Crippen molar-refractivity contribution >= 4 is 6.08 Å². The Balaban J connectivity index is 2.42. The van der Waals surface area contributed by atoms with Crippen LogP contribution in [0.25, 0.3) is 6.08 Å². The van der Waals surface area contributed by atoms with Gasteiger partial charge in [0.1, 0.15) is 5.75 Å². The quantitative estimate of drug-likeness (QED) is 0.669. The summed E-state index contributed by atoms with van der Waals surface area (Å²) in [6.45, 7) is 11.6. The Bertz CT molecular complexity index is 392. The maximum Gasteiger partial charge on any atom is 0.119 e. The highest BCUT2D eigenvalue weighted by Crippen LogP contribution is 2.14. The minimum absolute atomic E-state index is 0.697. The molecule has 112 valence electrons. The van der Waals surface area contributed by atoms with Gasteiger partial charge in [-0.1, -0.05) is 51.0 Å². The lowest BCUT2D eigenvalue weighted by Crippen LogP contribution is -2.21. The van der Waals surface area contributed by atoms with Crippen molar-refractivity contribution in [1.29, 1.82) is 0 Å². The molecule has 0 aromatic heterocycles. The maximum absolute atomic E-state index is 5.66. The maximum atomic E-state index is 5.66. The van der Waals surface area contributed by atoms with E-state index in [1.54, 1.807) is 0 Å². The highest BCUT2D eigenvalue weighted by molar-refractivity contribution is 5.53. The van der Waals surface area contributed by atoms with Crippen molar-refractivity contribution in [3.05, 3.63) is 35.4 Å². The Morgan fingerprint density at radius 3 is 2.55 bits per heavy atom. The molecule has 0 atom stereocenters. The Hall–Kier alpha value is -1.28. The van der Waals surface area contributed by atoms with Gasteiger partial charge in [-0.25, -0.2) is 0 Å². The zero-order valence-corrected chi connectivity index (χ0v) is 13.4. The first-order valence-corrected chi connectivity index (χ1v) is 7.72. The van der Waals surface area contributed by atoms with Gasteiger partial charge in [-0.3, -0.25) is 0 Å². The molecule has 0 aliphatic carbocycles. The molecule has 20 heavy (non-hydrogen) atoms. The van der Waals surface area contributed by atoms with Crippen molar-refractivity contribution in [2.75, 3.05) is 19.7 Å². The molecule has 0 aliphatic heterocycles. The number of ether oxygens (including phenoxy) is 1. The summed E-state index contributed by atoms with van der Waals surface area (Å²) in [5, 5.41) is 3.46. The second-order valence-electron chi connectivity index (χ2n) is 5.79. The van der Waals surface area contributed by atoms with Crippen LogP contribution in [-0.4, -0.2) is 19.7 Å². The summed E-state index contributed by atoms with van der Waals surface area (Å²) in [6, 6.07) is 8.34. The first-order valence-electron chi connectivity index (χ1n) is 7.72. The molecule has 0 fully saturated rings. The zero-order valence-electron chi connectivity index (χ0n) is 13.4. The van der Waals surface area contributed by atoms with Gasteiger partial charge >= 0.3 is 0 Å². The average Bonchev–Trinajstić information content (AvgIpc) is 2.40. The molecule has 1 N–H and O–H groups in total. The SMILES string of the molecule is CCCCOc1ccc(C=C(C)CNCC(C)C)cc1. The van der Waals surface area contributed by atoms with Gasteiger partial charge < -0.3 is 10.1 Å². The molecule has 0 bridgehead atoms. The second kappa shape index (κ2) is 9.60. The van der Waals surface area contributed by atoms with Crippen LogP contribution in [0, 0.1) is 5.92 Å². The third-order valence-electron chi connectivity index (χ3n) is 3.02. The van der Waals surface area contributed by atoms with Crippen LogP contribution in [0.1, 0.15) is 46.1 Å². The summed E-state index contributed by atoms with van der Waals surface area (Å²) in [6.07, 6.45) is 4.51. The van der Waals surface area contributed by atoms with Crippen LogP contribution >= 0.6 is 0 Å². The van der Waals surface area contributed by atoms with Crippen LogP contribution in [0.3, 0.4) is 0 Å². The molecule has 2 heteroatoms. The van der Waals surface area contributed by atoms with Crippen LogP contribution in [0.4, 0.5) is 0 Å². The molecule has 1 aromatic carbocycles. The molecule has 0 aliphatic rings. The summed E-state index contributed by atoms with van der Waals surface area (Å²) >= 11 is 0. The van der Waals surface area contributed by atoms with Crippen molar-refractivity contribution in [2.45, 2.75) is 40.5 Å². The molecule has 0 heterocycles. The van der Waals surface area contributed by atoms with Gasteiger partial charge in [-0.05, 0) is 43.5 Å². The normalized spacial score (nSPS) is 11.9. The molecule has 0 unspecified atom stereocenters. The third-order valence-corrected chi connectivity index (χ3v) is 3.02. The molecule has 0 saturated carbocycles. The molecule has 0 amide bonds. The predicted octanol–water partition coefficient (Wildman–Crippen LogP) is 4.51. The summed E-state index contributed by atoms with van der Waals surface area (Å²) in [5.74, 6) is 1.66. The Kier molecular flexibility index (Phi) is 8.05. The lowest BCUT2D eigenvalue weighted by molar-refractivity contribution is 0.309. The van der Waals surface area contributed by atoms with E-state index in [0.29, 0.717) is 5.92 Å². The van der Waals surface area contributed by atoms with E-state index in [2.05, 4.69) is 63.4 Å². The van der Waals surface area contributed by atoms with Crippen LogP contribution in [0.2, 0.25) is 0 Å². The van der Waals surface area contributed by atoms with Crippen LogP contribution in [0.15, 0.2) is 29.8 Å². The fourth-order valence-electron chi connectivity index (χ4n) is 1.89.